The van der Waals surface area contributed by atoms with Crippen LogP contribution in [0.5, 0.6) is 5.75 Å². The minimum Gasteiger partial charge on any atom is -0.497 e. The molecule has 1 aromatic carbocycles. The summed E-state index contributed by atoms with van der Waals surface area (Å²) in [7, 11) is -1.96. The number of carbonyl (C=O) groups excluding carboxylic acids is 1. The van der Waals surface area contributed by atoms with Crippen molar-refractivity contribution in [1.82, 2.24) is 9.62 Å². The second-order valence-corrected chi connectivity index (χ2v) is 7.64. The molecule has 1 N–H and O–H groups in total. The summed E-state index contributed by atoms with van der Waals surface area (Å²) in [6.45, 7) is 4.41. The number of hydrogen-bond acceptors (Lipinski definition) is 4. The van der Waals surface area contributed by atoms with Crippen LogP contribution in [0.3, 0.4) is 0 Å². The van der Waals surface area contributed by atoms with Gasteiger partial charge < -0.3 is 10.1 Å². The second-order valence-electron chi connectivity index (χ2n) is 5.73. The maximum absolute atomic E-state index is 12.8. The fourth-order valence-corrected chi connectivity index (χ4v) is 4.42. The molecule has 0 radical (unpaired) electrons. The third-order valence-corrected chi connectivity index (χ3v) is 6.20. The summed E-state index contributed by atoms with van der Waals surface area (Å²) >= 11 is 0. The van der Waals surface area contributed by atoms with Gasteiger partial charge in [-0.1, -0.05) is 6.92 Å². The topological polar surface area (TPSA) is 75.7 Å². The Morgan fingerprint density at radius 2 is 2.00 bits per heavy atom. The highest BCUT2D eigenvalue weighted by molar-refractivity contribution is 7.89. The molecule has 6 nitrogen and oxygen atoms in total. The molecule has 0 spiro atoms. The Morgan fingerprint density at radius 1 is 1.35 bits per heavy atom. The first-order chi connectivity index (χ1) is 10.9. The molecule has 0 bridgehead atoms. The molecule has 1 aromatic rings. The van der Waals surface area contributed by atoms with Crippen molar-refractivity contribution in [3.63, 3.8) is 0 Å². The molecule has 7 heteroatoms. The van der Waals surface area contributed by atoms with Crippen LogP contribution < -0.4 is 10.1 Å². The lowest BCUT2D eigenvalue weighted by Gasteiger charge is -2.32. The molecule has 128 valence electrons. The summed E-state index contributed by atoms with van der Waals surface area (Å²) in [5, 5.41) is 2.93. The molecule has 2 rings (SSSR count). The molecule has 1 heterocycles. The number of rotatable bonds is 5. The van der Waals surface area contributed by atoms with Crippen molar-refractivity contribution in [1.29, 1.82) is 0 Å². The Balaban J connectivity index is 2.09. The molecule has 1 aliphatic rings. The highest BCUT2D eigenvalue weighted by atomic mass is 32.2. The van der Waals surface area contributed by atoms with Gasteiger partial charge >= 0.3 is 0 Å². The van der Waals surface area contributed by atoms with Crippen LogP contribution in [0.2, 0.25) is 0 Å². The van der Waals surface area contributed by atoms with Gasteiger partial charge in [-0.25, -0.2) is 8.42 Å². The molecule has 1 saturated heterocycles. The summed E-state index contributed by atoms with van der Waals surface area (Å²) in [6.07, 6.45) is 1.73. The average molecular weight is 340 g/mol. The predicted octanol–water partition coefficient (Wildman–Crippen LogP) is 1.68. The van der Waals surface area contributed by atoms with E-state index in [0.717, 1.165) is 0 Å². The number of aryl methyl sites for hydroxylation is 1. The number of sulfonamides is 1. The lowest BCUT2D eigenvalue weighted by molar-refractivity contribution is -0.121. The maximum Gasteiger partial charge on any atom is 0.243 e. The number of nitrogens with zero attached hydrogens (tertiary/aromatic N) is 1. The fourth-order valence-electron chi connectivity index (χ4n) is 2.75. The van der Waals surface area contributed by atoms with Crippen LogP contribution in [0.25, 0.3) is 0 Å². The number of methoxy groups -OCH3 is 1. The first kappa shape index (κ1) is 17.7. The number of benzene rings is 1. The fraction of sp³-hybridized carbons (Fsp3) is 0.562. The molecule has 0 unspecified atom stereocenters. The molecule has 0 aromatic heterocycles. The van der Waals surface area contributed by atoms with Crippen molar-refractivity contribution in [2.45, 2.75) is 44.0 Å². The van der Waals surface area contributed by atoms with E-state index in [0.29, 0.717) is 48.6 Å². The summed E-state index contributed by atoms with van der Waals surface area (Å²) in [4.78, 5) is 11.7. The van der Waals surface area contributed by atoms with Crippen molar-refractivity contribution in [2.24, 2.45) is 0 Å². The number of hydrogen-bond donors (Lipinski definition) is 1. The molecule has 0 saturated carbocycles. The molecule has 1 aliphatic heterocycles. The van der Waals surface area contributed by atoms with E-state index in [1.807, 2.05) is 0 Å². The highest BCUT2D eigenvalue weighted by Crippen LogP contribution is 2.26. The Hall–Kier alpha value is -1.60. The standard InChI is InChI=1S/C16H24N2O4S/c1-4-16(19)17-13-7-9-18(10-8-13)23(20,21)15-6-5-14(22-3)11-12(15)2/h5-6,11,13H,4,7-10H2,1-3H3,(H,17,19). The third-order valence-electron chi connectivity index (χ3n) is 4.14. The SMILES string of the molecule is CCC(=O)NC1CCN(S(=O)(=O)c2ccc(OC)cc2C)CC1. The number of amides is 1. The zero-order valence-corrected chi connectivity index (χ0v) is 14.6. The van der Waals surface area contributed by atoms with Crippen LogP contribution >= 0.6 is 0 Å². The van der Waals surface area contributed by atoms with Gasteiger partial charge in [-0.3, -0.25) is 4.79 Å². The number of piperidine rings is 1. The Morgan fingerprint density at radius 3 is 2.52 bits per heavy atom. The van der Waals surface area contributed by atoms with E-state index < -0.39 is 10.0 Å². The highest BCUT2D eigenvalue weighted by Gasteiger charge is 2.30. The van der Waals surface area contributed by atoms with Gasteiger partial charge in [0.25, 0.3) is 0 Å². The Bertz CT molecular complexity index is 665. The number of ether oxygens (including phenoxy) is 1. The molecule has 0 atom stereocenters. The van der Waals surface area contributed by atoms with Crippen LogP contribution in [0.4, 0.5) is 0 Å². The van der Waals surface area contributed by atoms with Crippen LogP contribution in [-0.2, 0) is 14.8 Å². The van der Waals surface area contributed by atoms with Crippen molar-refractivity contribution in [3.8, 4) is 5.75 Å². The van der Waals surface area contributed by atoms with Crippen molar-refractivity contribution < 1.29 is 17.9 Å². The first-order valence-corrected chi connectivity index (χ1v) is 9.26. The van der Waals surface area contributed by atoms with E-state index in [4.69, 9.17) is 4.74 Å². The lowest BCUT2D eigenvalue weighted by atomic mass is 10.1. The first-order valence-electron chi connectivity index (χ1n) is 7.82. The van der Waals surface area contributed by atoms with Gasteiger partial charge in [-0.2, -0.15) is 4.31 Å². The lowest BCUT2D eigenvalue weighted by Crippen LogP contribution is -2.46. The largest absolute Gasteiger partial charge is 0.497 e. The normalized spacial score (nSPS) is 17.0. The van der Waals surface area contributed by atoms with Gasteiger partial charge in [0.15, 0.2) is 0 Å². The Kier molecular flexibility index (Phi) is 5.64. The van der Waals surface area contributed by atoms with Crippen LogP contribution in [0, 0.1) is 6.92 Å². The average Bonchev–Trinajstić information content (AvgIpc) is 2.54. The van der Waals surface area contributed by atoms with E-state index in [2.05, 4.69) is 5.32 Å². The van der Waals surface area contributed by atoms with Gasteiger partial charge in [0.05, 0.1) is 12.0 Å². The van der Waals surface area contributed by atoms with E-state index in [1.54, 1.807) is 39.2 Å². The summed E-state index contributed by atoms with van der Waals surface area (Å²) in [5.74, 6) is 0.653. The van der Waals surface area contributed by atoms with Crippen molar-refractivity contribution >= 4 is 15.9 Å². The smallest absolute Gasteiger partial charge is 0.243 e. The zero-order valence-electron chi connectivity index (χ0n) is 13.8. The Labute approximate surface area is 137 Å². The summed E-state index contributed by atoms with van der Waals surface area (Å²) in [5.41, 5.74) is 0.672. The van der Waals surface area contributed by atoms with Gasteiger partial charge in [-0.15, -0.1) is 0 Å². The predicted molar refractivity (Wildman–Crippen MR) is 87.9 cm³/mol. The van der Waals surface area contributed by atoms with Crippen LogP contribution in [-0.4, -0.2) is 44.9 Å². The number of carbonyl (C=O) groups is 1. The van der Waals surface area contributed by atoms with E-state index in [9.17, 15) is 13.2 Å². The van der Waals surface area contributed by atoms with Crippen molar-refractivity contribution in [3.05, 3.63) is 23.8 Å². The van der Waals surface area contributed by atoms with E-state index in [-0.39, 0.29) is 11.9 Å². The van der Waals surface area contributed by atoms with Gasteiger partial charge in [0.2, 0.25) is 15.9 Å². The minimum absolute atomic E-state index is 0.0114. The summed E-state index contributed by atoms with van der Waals surface area (Å²) in [6, 6.07) is 5.04. The number of nitrogens with one attached hydrogen (secondary N) is 1. The van der Waals surface area contributed by atoms with Crippen LogP contribution in [0.1, 0.15) is 31.7 Å². The minimum atomic E-state index is -3.51. The van der Waals surface area contributed by atoms with E-state index in [1.165, 1.54) is 4.31 Å². The van der Waals surface area contributed by atoms with Gasteiger partial charge in [0.1, 0.15) is 5.75 Å². The third kappa shape index (κ3) is 4.03. The zero-order chi connectivity index (χ0) is 17.0. The molecule has 23 heavy (non-hydrogen) atoms. The maximum atomic E-state index is 12.8. The van der Waals surface area contributed by atoms with Gasteiger partial charge in [-0.05, 0) is 43.5 Å². The molecule has 0 aliphatic carbocycles. The molecule has 1 fully saturated rings. The molecular weight excluding hydrogens is 316 g/mol. The quantitative estimate of drug-likeness (QED) is 0.885. The summed E-state index contributed by atoms with van der Waals surface area (Å²) < 4.78 is 32.2. The van der Waals surface area contributed by atoms with Gasteiger partial charge in [0, 0.05) is 25.6 Å². The second kappa shape index (κ2) is 7.31. The van der Waals surface area contributed by atoms with Crippen LogP contribution in [0.15, 0.2) is 23.1 Å². The molecule has 1 amide bonds. The molecular formula is C16H24N2O4S. The monoisotopic (exact) mass is 340 g/mol. The van der Waals surface area contributed by atoms with E-state index >= 15 is 0 Å². The van der Waals surface area contributed by atoms with Crippen molar-refractivity contribution in [2.75, 3.05) is 20.2 Å².